The van der Waals surface area contributed by atoms with Gasteiger partial charge in [-0.1, -0.05) is 0 Å². The van der Waals surface area contributed by atoms with Crippen LogP contribution in [0.5, 0.6) is 5.88 Å². The van der Waals surface area contributed by atoms with Gasteiger partial charge in [-0.25, -0.2) is 4.98 Å². The lowest BCUT2D eigenvalue weighted by molar-refractivity contribution is -0.141. The predicted molar refractivity (Wildman–Crippen MR) is 67.6 cm³/mol. The van der Waals surface area contributed by atoms with Gasteiger partial charge in [0.05, 0.1) is 6.10 Å². The largest absolute Gasteiger partial charge is 0.473 e. The van der Waals surface area contributed by atoms with Crippen LogP contribution in [0.15, 0.2) is 12.1 Å². The molecule has 1 aromatic heterocycles. The second-order valence-electron chi connectivity index (χ2n) is 4.92. The van der Waals surface area contributed by atoms with E-state index in [-0.39, 0.29) is 23.7 Å². The Hall–Kier alpha value is -1.81. The lowest BCUT2D eigenvalue weighted by atomic mass is 9.95. The number of hydrogen-bond donors (Lipinski definition) is 0. The van der Waals surface area contributed by atoms with Crippen molar-refractivity contribution >= 4 is 0 Å². The number of pyridine rings is 1. The van der Waals surface area contributed by atoms with Crippen molar-refractivity contribution in [1.29, 1.82) is 5.26 Å². The van der Waals surface area contributed by atoms with E-state index in [9.17, 15) is 13.2 Å². The minimum absolute atomic E-state index is 0.00235. The summed E-state index contributed by atoms with van der Waals surface area (Å²) in [6.07, 6.45) is -1.76. The van der Waals surface area contributed by atoms with Gasteiger partial charge in [-0.05, 0) is 31.4 Å². The van der Waals surface area contributed by atoms with E-state index in [4.69, 9.17) is 14.7 Å². The van der Waals surface area contributed by atoms with Gasteiger partial charge in [0.25, 0.3) is 0 Å². The number of hydrogen-bond acceptors (Lipinski definition) is 4. The molecule has 2 atom stereocenters. The summed E-state index contributed by atoms with van der Waals surface area (Å²) >= 11 is 0. The Balaban J connectivity index is 2.20. The van der Waals surface area contributed by atoms with Gasteiger partial charge in [0.2, 0.25) is 5.88 Å². The Morgan fingerprint density at radius 1 is 1.29 bits per heavy atom. The quantitative estimate of drug-likeness (QED) is 0.859. The maximum atomic E-state index is 12.7. The van der Waals surface area contributed by atoms with Crippen LogP contribution in [0.4, 0.5) is 13.2 Å². The van der Waals surface area contributed by atoms with Crippen LogP contribution in [0.25, 0.3) is 0 Å². The molecule has 1 fully saturated rings. The second-order valence-corrected chi connectivity index (χ2v) is 4.92. The summed E-state index contributed by atoms with van der Waals surface area (Å²) in [6, 6.07) is 3.67. The highest BCUT2D eigenvalue weighted by Crippen LogP contribution is 2.31. The SMILES string of the molecule is COC1CCCC(Oc2nc(C(F)(F)F)ccc2C#N)C1. The maximum absolute atomic E-state index is 12.7. The Morgan fingerprint density at radius 2 is 2.00 bits per heavy atom. The first-order valence-corrected chi connectivity index (χ1v) is 6.62. The first kappa shape index (κ1) is 15.6. The van der Waals surface area contributed by atoms with Gasteiger partial charge in [0.1, 0.15) is 23.4 Å². The number of aromatic nitrogens is 1. The van der Waals surface area contributed by atoms with Crippen molar-refractivity contribution < 1.29 is 22.6 Å². The number of ether oxygens (including phenoxy) is 2. The van der Waals surface area contributed by atoms with E-state index in [0.29, 0.717) is 12.8 Å². The third kappa shape index (κ3) is 3.85. The molecule has 0 aliphatic heterocycles. The number of alkyl halides is 3. The van der Waals surface area contributed by atoms with Gasteiger partial charge in [0.15, 0.2) is 0 Å². The van der Waals surface area contributed by atoms with Gasteiger partial charge in [-0.15, -0.1) is 0 Å². The van der Waals surface area contributed by atoms with Crippen molar-refractivity contribution in [3.63, 3.8) is 0 Å². The Labute approximate surface area is 120 Å². The standard InChI is InChI=1S/C14H15F3N2O2/c1-20-10-3-2-4-11(7-10)21-13-9(8-18)5-6-12(19-13)14(15,16)17/h5-6,10-11H,2-4,7H2,1H3. The van der Waals surface area contributed by atoms with Crippen LogP contribution in [-0.4, -0.2) is 24.3 Å². The van der Waals surface area contributed by atoms with Gasteiger partial charge in [-0.2, -0.15) is 18.4 Å². The summed E-state index contributed by atoms with van der Waals surface area (Å²) in [5, 5.41) is 8.96. The van der Waals surface area contributed by atoms with E-state index < -0.39 is 11.9 Å². The number of halogens is 3. The van der Waals surface area contributed by atoms with Crippen LogP contribution >= 0.6 is 0 Å². The number of methoxy groups -OCH3 is 1. The predicted octanol–water partition coefficient (Wildman–Crippen LogP) is 3.31. The highest BCUT2D eigenvalue weighted by Gasteiger charge is 2.34. The van der Waals surface area contributed by atoms with Crippen molar-refractivity contribution in [3.8, 4) is 11.9 Å². The van der Waals surface area contributed by atoms with Crippen LogP contribution in [-0.2, 0) is 10.9 Å². The zero-order chi connectivity index (χ0) is 15.5. The smallest absolute Gasteiger partial charge is 0.433 e. The van der Waals surface area contributed by atoms with E-state index in [1.807, 2.05) is 0 Å². The highest BCUT2D eigenvalue weighted by molar-refractivity contribution is 5.39. The molecule has 0 amide bonds. The van der Waals surface area contributed by atoms with Crippen LogP contribution in [0.1, 0.15) is 36.9 Å². The summed E-state index contributed by atoms with van der Waals surface area (Å²) < 4.78 is 48.8. The van der Waals surface area contributed by atoms with Crippen LogP contribution in [0.3, 0.4) is 0 Å². The van der Waals surface area contributed by atoms with Crippen molar-refractivity contribution in [3.05, 3.63) is 23.4 Å². The number of nitriles is 1. The molecule has 4 nitrogen and oxygen atoms in total. The third-order valence-corrected chi connectivity index (χ3v) is 3.46. The van der Waals surface area contributed by atoms with E-state index in [1.165, 1.54) is 0 Å². The average Bonchev–Trinajstić information content (AvgIpc) is 2.46. The Kier molecular flexibility index (Phi) is 4.68. The summed E-state index contributed by atoms with van der Waals surface area (Å²) in [5.41, 5.74) is -1.06. The molecule has 0 aromatic carbocycles. The van der Waals surface area contributed by atoms with Crippen molar-refractivity contribution in [2.24, 2.45) is 0 Å². The fourth-order valence-electron chi connectivity index (χ4n) is 2.35. The van der Waals surface area contributed by atoms with E-state index >= 15 is 0 Å². The van der Waals surface area contributed by atoms with Crippen LogP contribution in [0, 0.1) is 11.3 Å². The topological polar surface area (TPSA) is 55.1 Å². The molecular formula is C14H15F3N2O2. The lowest BCUT2D eigenvalue weighted by Crippen LogP contribution is -2.30. The summed E-state index contributed by atoms with van der Waals surface area (Å²) in [7, 11) is 1.59. The van der Waals surface area contributed by atoms with Gasteiger partial charge >= 0.3 is 6.18 Å². The zero-order valence-corrected chi connectivity index (χ0v) is 11.5. The molecule has 0 N–H and O–H groups in total. The molecule has 1 aromatic rings. The molecule has 1 heterocycles. The van der Waals surface area contributed by atoms with Crippen molar-refractivity contribution in [2.45, 2.75) is 44.1 Å². The van der Waals surface area contributed by atoms with E-state index in [1.54, 1.807) is 13.2 Å². The second kappa shape index (κ2) is 6.31. The number of rotatable bonds is 3. The van der Waals surface area contributed by atoms with Crippen molar-refractivity contribution in [2.75, 3.05) is 7.11 Å². The molecule has 0 radical (unpaired) electrons. The molecule has 1 saturated carbocycles. The fourth-order valence-corrected chi connectivity index (χ4v) is 2.35. The minimum atomic E-state index is -4.56. The molecule has 7 heteroatoms. The molecule has 114 valence electrons. The van der Waals surface area contributed by atoms with Gasteiger partial charge in [0, 0.05) is 13.5 Å². The normalized spacial score (nSPS) is 22.6. The lowest BCUT2D eigenvalue weighted by Gasteiger charge is -2.28. The summed E-state index contributed by atoms with van der Waals surface area (Å²) in [4.78, 5) is 3.45. The molecule has 2 unspecified atom stereocenters. The molecule has 1 aliphatic carbocycles. The zero-order valence-electron chi connectivity index (χ0n) is 11.5. The molecule has 0 spiro atoms. The monoisotopic (exact) mass is 300 g/mol. The molecule has 21 heavy (non-hydrogen) atoms. The molecule has 2 rings (SSSR count). The van der Waals surface area contributed by atoms with Crippen LogP contribution < -0.4 is 4.74 Å². The van der Waals surface area contributed by atoms with Crippen molar-refractivity contribution in [1.82, 2.24) is 4.98 Å². The molecular weight excluding hydrogens is 285 g/mol. The Morgan fingerprint density at radius 3 is 2.62 bits per heavy atom. The third-order valence-electron chi connectivity index (χ3n) is 3.46. The summed E-state index contributed by atoms with van der Waals surface area (Å²) in [6.45, 7) is 0. The van der Waals surface area contributed by atoms with E-state index in [2.05, 4.69) is 4.98 Å². The van der Waals surface area contributed by atoms with Crippen LogP contribution in [0.2, 0.25) is 0 Å². The molecule has 0 saturated heterocycles. The highest BCUT2D eigenvalue weighted by atomic mass is 19.4. The molecule has 0 bridgehead atoms. The van der Waals surface area contributed by atoms with Gasteiger partial charge < -0.3 is 9.47 Å². The minimum Gasteiger partial charge on any atom is -0.473 e. The van der Waals surface area contributed by atoms with E-state index in [0.717, 1.165) is 25.0 Å². The summed E-state index contributed by atoms with van der Waals surface area (Å²) in [5.74, 6) is -0.255. The molecule has 1 aliphatic rings. The Bertz CT molecular complexity index is 540. The first-order valence-electron chi connectivity index (χ1n) is 6.62. The first-order chi connectivity index (χ1) is 9.94. The maximum Gasteiger partial charge on any atom is 0.433 e. The van der Waals surface area contributed by atoms with Gasteiger partial charge in [-0.3, -0.25) is 0 Å². The fraction of sp³-hybridized carbons (Fsp3) is 0.571. The average molecular weight is 300 g/mol. The number of nitrogens with zero attached hydrogens (tertiary/aromatic N) is 2.